The minimum Gasteiger partial charge on any atom is -0.466 e. The molecule has 0 amide bonds. The molecule has 2 aromatic heterocycles. The van der Waals surface area contributed by atoms with E-state index in [9.17, 15) is 4.79 Å². The summed E-state index contributed by atoms with van der Waals surface area (Å²) in [5.74, 6) is 0.781. The van der Waals surface area contributed by atoms with Crippen LogP contribution in [0.25, 0.3) is 15.4 Å². The van der Waals surface area contributed by atoms with Gasteiger partial charge in [0.25, 0.3) is 0 Å². The maximum Gasteiger partial charge on any atom is 0.313 e. The van der Waals surface area contributed by atoms with Gasteiger partial charge in [0.05, 0.1) is 12.3 Å². The normalized spacial score (nSPS) is 11.1. The van der Waals surface area contributed by atoms with E-state index in [0.717, 1.165) is 16.5 Å². The van der Waals surface area contributed by atoms with Crippen LogP contribution in [-0.4, -0.2) is 22.1 Å². The minimum absolute atomic E-state index is 0.179. The highest BCUT2D eigenvalue weighted by molar-refractivity contribution is 7.17. The number of imidazole rings is 1. The molecular weight excluding hydrogens is 344 g/mol. The van der Waals surface area contributed by atoms with Gasteiger partial charge in [-0.2, -0.15) is 0 Å². The highest BCUT2D eigenvalue weighted by Gasteiger charge is 2.17. The molecule has 0 fully saturated rings. The molecule has 0 saturated heterocycles. The lowest BCUT2D eigenvalue weighted by Crippen LogP contribution is -2.11. The molecule has 0 radical (unpaired) electrons. The summed E-state index contributed by atoms with van der Waals surface area (Å²) in [7, 11) is 0. The lowest BCUT2D eigenvalue weighted by atomic mass is 10.1. The lowest BCUT2D eigenvalue weighted by Gasteiger charge is -2.05. The third-order valence-electron chi connectivity index (χ3n) is 4.13. The Kier molecular flexibility index (Phi) is 5.57. The Bertz CT molecular complexity index is 908. The summed E-state index contributed by atoms with van der Waals surface area (Å²) in [6, 6.07) is 12.7. The van der Waals surface area contributed by atoms with E-state index >= 15 is 0 Å². The highest BCUT2D eigenvalue weighted by atomic mass is 32.1. The Morgan fingerprint density at radius 3 is 2.77 bits per heavy atom. The summed E-state index contributed by atoms with van der Waals surface area (Å²) < 4.78 is 7.13. The van der Waals surface area contributed by atoms with Crippen molar-refractivity contribution in [1.82, 2.24) is 9.55 Å². The fraction of sp³-hybridized carbons (Fsp3) is 0.333. The number of carbonyl (C=O) groups is 1. The van der Waals surface area contributed by atoms with E-state index in [2.05, 4.69) is 62.2 Å². The number of aryl methyl sites for hydroxylation is 1. The number of hydrogen-bond donors (Lipinski definition) is 0. The maximum absolute atomic E-state index is 12.0. The molecule has 4 nitrogen and oxygen atoms in total. The van der Waals surface area contributed by atoms with Gasteiger partial charge in [-0.25, -0.2) is 4.98 Å². The zero-order chi connectivity index (χ0) is 18.7. The van der Waals surface area contributed by atoms with E-state index in [-0.39, 0.29) is 12.4 Å². The van der Waals surface area contributed by atoms with Gasteiger partial charge in [0.1, 0.15) is 17.2 Å². The van der Waals surface area contributed by atoms with E-state index in [1.54, 1.807) is 11.3 Å². The molecule has 0 aliphatic carbocycles. The second-order valence-corrected chi connectivity index (χ2v) is 7.66. The summed E-state index contributed by atoms with van der Waals surface area (Å²) in [5.41, 5.74) is 3.43. The number of rotatable bonds is 6. The van der Waals surface area contributed by atoms with Crippen molar-refractivity contribution in [2.75, 3.05) is 6.61 Å². The number of aromatic nitrogens is 2. The van der Waals surface area contributed by atoms with Gasteiger partial charge in [-0.15, -0.1) is 11.3 Å². The molecule has 2 heterocycles. The molecule has 0 atom stereocenters. The van der Waals surface area contributed by atoms with Gasteiger partial charge in [-0.05, 0) is 37.5 Å². The van der Waals surface area contributed by atoms with Crippen molar-refractivity contribution in [3.05, 3.63) is 59.7 Å². The molecule has 3 rings (SSSR count). The fourth-order valence-corrected chi connectivity index (χ4v) is 3.78. The van der Waals surface area contributed by atoms with Crippen molar-refractivity contribution in [1.29, 1.82) is 0 Å². The molecule has 3 aromatic rings. The largest absolute Gasteiger partial charge is 0.466 e. The van der Waals surface area contributed by atoms with E-state index in [1.807, 2.05) is 17.7 Å². The molecular formula is C21H24N2O2S. The van der Waals surface area contributed by atoms with Crippen molar-refractivity contribution in [2.24, 2.45) is 0 Å². The third kappa shape index (κ3) is 4.05. The minimum atomic E-state index is -0.245. The van der Waals surface area contributed by atoms with Crippen molar-refractivity contribution >= 4 is 17.3 Å². The summed E-state index contributed by atoms with van der Waals surface area (Å²) >= 11 is 1.70. The van der Waals surface area contributed by atoms with Gasteiger partial charge < -0.3 is 4.74 Å². The molecule has 0 aliphatic rings. The monoisotopic (exact) mass is 368 g/mol. The molecule has 0 saturated carbocycles. The van der Waals surface area contributed by atoms with Gasteiger partial charge in [-0.3, -0.25) is 9.36 Å². The number of nitrogens with zero attached hydrogens (tertiary/aromatic N) is 2. The highest BCUT2D eigenvalue weighted by Crippen LogP contribution is 2.32. The quantitative estimate of drug-likeness (QED) is 0.566. The third-order valence-corrected chi connectivity index (χ3v) is 5.26. The molecule has 5 heteroatoms. The van der Waals surface area contributed by atoms with Crippen LogP contribution in [0.5, 0.6) is 0 Å². The Morgan fingerprint density at radius 1 is 1.27 bits per heavy atom. The molecule has 1 aromatic carbocycles. The van der Waals surface area contributed by atoms with Crippen LogP contribution >= 0.6 is 11.3 Å². The summed E-state index contributed by atoms with van der Waals surface area (Å²) in [6.45, 7) is 8.51. The topological polar surface area (TPSA) is 44.1 Å². The first-order chi connectivity index (χ1) is 12.5. The van der Waals surface area contributed by atoms with E-state index in [1.165, 1.54) is 16.0 Å². The average molecular weight is 369 g/mol. The first-order valence-corrected chi connectivity index (χ1v) is 9.70. The van der Waals surface area contributed by atoms with Crippen LogP contribution in [0.1, 0.15) is 43.8 Å². The average Bonchev–Trinajstić information content (AvgIpc) is 3.22. The number of ether oxygens (including phenoxy) is 1. The summed E-state index contributed by atoms with van der Waals surface area (Å²) in [5, 5.41) is 1.06. The molecule has 0 bridgehead atoms. The Balaban J connectivity index is 1.96. The smallest absolute Gasteiger partial charge is 0.313 e. The SMILES string of the molecule is CCOC(=O)Cc1nc(C(C)C)cn1-c1ccc(-c2cccc(C)c2)s1. The molecule has 0 aliphatic heterocycles. The van der Waals surface area contributed by atoms with Crippen LogP contribution in [-0.2, 0) is 16.0 Å². The van der Waals surface area contributed by atoms with Gasteiger partial charge >= 0.3 is 5.97 Å². The predicted octanol–water partition coefficient (Wildman–Crippen LogP) is 5.14. The zero-order valence-corrected chi connectivity index (χ0v) is 16.5. The zero-order valence-electron chi connectivity index (χ0n) is 15.7. The maximum atomic E-state index is 12.0. The van der Waals surface area contributed by atoms with Gasteiger partial charge in [-0.1, -0.05) is 43.7 Å². The second kappa shape index (κ2) is 7.87. The molecule has 136 valence electrons. The number of esters is 1. The first kappa shape index (κ1) is 18.4. The molecule has 0 N–H and O–H groups in total. The van der Waals surface area contributed by atoms with Crippen LogP contribution in [0.2, 0.25) is 0 Å². The van der Waals surface area contributed by atoms with Crippen LogP contribution in [0.15, 0.2) is 42.6 Å². The first-order valence-electron chi connectivity index (χ1n) is 8.89. The van der Waals surface area contributed by atoms with Crippen LogP contribution in [0.4, 0.5) is 0 Å². The van der Waals surface area contributed by atoms with E-state index < -0.39 is 0 Å². The summed E-state index contributed by atoms with van der Waals surface area (Å²) in [6.07, 6.45) is 2.21. The van der Waals surface area contributed by atoms with Gasteiger partial charge in [0.15, 0.2) is 0 Å². The van der Waals surface area contributed by atoms with Crippen LogP contribution in [0, 0.1) is 6.92 Å². The Labute approximate surface area is 158 Å². The number of carbonyl (C=O) groups excluding carboxylic acids is 1. The molecule has 0 spiro atoms. The number of thiophene rings is 1. The van der Waals surface area contributed by atoms with Crippen LogP contribution in [0.3, 0.4) is 0 Å². The van der Waals surface area contributed by atoms with Crippen molar-refractivity contribution in [3.63, 3.8) is 0 Å². The Morgan fingerprint density at radius 2 is 2.08 bits per heavy atom. The fourth-order valence-electron chi connectivity index (χ4n) is 2.78. The number of hydrogen-bond acceptors (Lipinski definition) is 4. The van der Waals surface area contributed by atoms with E-state index in [0.29, 0.717) is 12.5 Å². The van der Waals surface area contributed by atoms with Crippen molar-refractivity contribution in [2.45, 2.75) is 40.0 Å². The predicted molar refractivity (Wildman–Crippen MR) is 106 cm³/mol. The van der Waals surface area contributed by atoms with E-state index in [4.69, 9.17) is 4.74 Å². The lowest BCUT2D eigenvalue weighted by molar-refractivity contribution is -0.142. The Hall–Kier alpha value is -2.40. The van der Waals surface area contributed by atoms with Crippen molar-refractivity contribution in [3.8, 4) is 15.4 Å². The molecule has 26 heavy (non-hydrogen) atoms. The molecule has 0 unspecified atom stereocenters. The van der Waals surface area contributed by atoms with Gasteiger partial charge in [0.2, 0.25) is 0 Å². The standard InChI is InChI=1S/C21H24N2O2S/c1-5-25-21(24)12-19-22-17(14(2)3)13-23(19)20-10-9-18(26-20)16-8-6-7-15(4)11-16/h6-11,13-14H,5,12H2,1-4H3. The van der Waals surface area contributed by atoms with Crippen LogP contribution < -0.4 is 0 Å². The second-order valence-electron chi connectivity index (χ2n) is 6.60. The van der Waals surface area contributed by atoms with Crippen molar-refractivity contribution < 1.29 is 9.53 Å². The van der Waals surface area contributed by atoms with Gasteiger partial charge in [0, 0.05) is 11.1 Å². The summed E-state index contributed by atoms with van der Waals surface area (Å²) in [4.78, 5) is 17.8. The number of benzene rings is 1.